The number of hydrogen-bond acceptors (Lipinski definition) is 4. The molecule has 4 heteroatoms. The summed E-state index contributed by atoms with van der Waals surface area (Å²) in [5, 5.41) is 1.02. The zero-order valence-corrected chi connectivity index (χ0v) is 16.4. The first kappa shape index (κ1) is 18.9. The number of ether oxygens (including phenoxy) is 1. The highest BCUT2D eigenvalue weighted by molar-refractivity contribution is 5.80. The number of nitrogens with zero attached hydrogens (tertiary/aromatic N) is 1. The van der Waals surface area contributed by atoms with E-state index in [1.54, 1.807) is 6.07 Å². The van der Waals surface area contributed by atoms with Crippen molar-refractivity contribution in [2.24, 2.45) is 0 Å². The van der Waals surface area contributed by atoms with Gasteiger partial charge >= 0.3 is 5.63 Å². The average molecular weight is 377 g/mol. The second-order valence-electron chi connectivity index (χ2n) is 7.56. The van der Waals surface area contributed by atoms with Crippen LogP contribution in [0.3, 0.4) is 0 Å². The van der Waals surface area contributed by atoms with Crippen LogP contribution in [0.1, 0.15) is 36.5 Å². The SMILES string of the molecule is CCc1ccc2c(CN(Cc3ccccc3)CC3CCCO3)cc(=O)oc2c1. The second kappa shape index (κ2) is 8.72. The van der Waals surface area contributed by atoms with Gasteiger partial charge in [0.25, 0.3) is 0 Å². The molecule has 3 aromatic rings. The minimum atomic E-state index is -0.285. The summed E-state index contributed by atoms with van der Waals surface area (Å²) >= 11 is 0. The van der Waals surface area contributed by atoms with Crippen LogP contribution in [-0.4, -0.2) is 24.2 Å². The molecule has 0 N–H and O–H groups in total. The summed E-state index contributed by atoms with van der Waals surface area (Å²) in [6.45, 7) is 5.34. The highest BCUT2D eigenvalue weighted by Crippen LogP contribution is 2.23. The molecular weight excluding hydrogens is 350 g/mol. The Kier molecular flexibility index (Phi) is 5.89. The van der Waals surface area contributed by atoms with Crippen LogP contribution in [-0.2, 0) is 24.2 Å². The predicted molar refractivity (Wildman–Crippen MR) is 111 cm³/mol. The van der Waals surface area contributed by atoms with Gasteiger partial charge in [-0.3, -0.25) is 4.90 Å². The normalized spacial score (nSPS) is 16.9. The molecule has 2 heterocycles. The summed E-state index contributed by atoms with van der Waals surface area (Å²) in [5.41, 5.74) is 3.85. The van der Waals surface area contributed by atoms with E-state index in [9.17, 15) is 4.79 Å². The summed E-state index contributed by atoms with van der Waals surface area (Å²) in [6.07, 6.45) is 3.41. The molecule has 1 atom stereocenters. The molecule has 1 saturated heterocycles. The molecule has 1 aliphatic heterocycles. The van der Waals surface area contributed by atoms with Crippen molar-refractivity contribution in [2.75, 3.05) is 13.2 Å². The third kappa shape index (κ3) is 4.51. The van der Waals surface area contributed by atoms with Crippen LogP contribution in [0.25, 0.3) is 11.0 Å². The van der Waals surface area contributed by atoms with E-state index in [0.717, 1.165) is 49.9 Å². The minimum absolute atomic E-state index is 0.266. The Hall–Kier alpha value is -2.43. The first-order valence-electron chi connectivity index (χ1n) is 10.1. The van der Waals surface area contributed by atoms with E-state index in [1.807, 2.05) is 12.1 Å². The molecule has 0 radical (unpaired) electrons. The Bertz CT molecular complexity index is 974. The first-order chi connectivity index (χ1) is 13.7. The maximum Gasteiger partial charge on any atom is 0.336 e. The number of rotatable bonds is 7. The van der Waals surface area contributed by atoms with Crippen LogP contribution >= 0.6 is 0 Å². The van der Waals surface area contributed by atoms with Crippen LogP contribution in [0.2, 0.25) is 0 Å². The van der Waals surface area contributed by atoms with Crippen LogP contribution in [0, 0.1) is 0 Å². The molecule has 4 nitrogen and oxygen atoms in total. The molecule has 0 spiro atoms. The lowest BCUT2D eigenvalue weighted by atomic mass is 10.1. The first-order valence-corrected chi connectivity index (χ1v) is 10.1. The fourth-order valence-electron chi connectivity index (χ4n) is 3.97. The molecular formula is C24H27NO3. The lowest BCUT2D eigenvalue weighted by molar-refractivity contribution is 0.0680. The van der Waals surface area contributed by atoms with Gasteiger partial charge in [0, 0.05) is 37.7 Å². The molecule has 1 fully saturated rings. The van der Waals surface area contributed by atoms with E-state index in [2.05, 4.69) is 48.2 Å². The van der Waals surface area contributed by atoms with Gasteiger partial charge in [0.2, 0.25) is 0 Å². The van der Waals surface area contributed by atoms with Gasteiger partial charge in [0.05, 0.1) is 6.10 Å². The Morgan fingerprint density at radius 3 is 2.64 bits per heavy atom. The van der Waals surface area contributed by atoms with Crippen molar-refractivity contribution in [3.05, 3.63) is 81.7 Å². The van der Waals surface area contributed by atoms with E-state index < -0.39 is 0 Å². The van der Waals surface area contributed by atoms with E-state index in [0.29, 0.717) is 12.1 Å². The summed E-state index contributed by atoms with van der Waals surface area (Å²) in [4.78, 5) is 14.6. The van der Waals surface area contributed by atoms with Crippen LogP contribution in [0.4, 0.5) is 0 Å². The van der Waals surface area contributed by atoms with Gasteiger partial charge in [-0.2, -0.15) is 0 Å². The molecule has 146 valence electrons. The van der Waals surface area contributed by atoms with Crippen molar-refractivity contribution in [3.63, 3.8) is 0 Å². The maximum absolute atomic E-state index is 12.2. The van der Waals surface area contributed by atoms with Gasteiger partial charge in [0.1, 0.15) is 5.58 Å². The number of fused-ring (bicyclic) bond motifs is 1. The van der Waals surface area contributed by atoms with Crippen molar-refractivity contribution in [2.45, 2.75) is 45.4 Å². The second-order valence-corrected chi connectivity index (χ2v) is 7.56. The lowest BCUT2D eigenvalue weighted by Crippen LogP contribution is -2.31. The third-order valence-electron chi connectivity index (χ3n) is 5.43. The van der Waals surface area contributed by atoms with Gasteiger partial charge in [0.15, 0.2) is 0 Å². The van der Waals surface area contributed by atoms with Crippen LogP contribution < -0.4 is 5.63 Å². The van der Waals surface area contributed by atoms with E-state index in [1.165, 1.54) is 11.1 Å². The van der Waals surface area contributed by atoms with Gasteiger partial charge in [-0.15, -0.1) is 0 Å². The molecule has 4 rings (SSSR count). The number of hydrogen-bond donors (Lipinski definition) is 0. The smallest absolute Gasteiger partial charge is 0.336 e. The summed E-state index contributed by atoms with van der Waals surface area (Å²) < 4.78 is 11.4. The van der Waals surface area contributed by atoms with Gasteiger partial charge in [-0.1, -0.05) is 49.4 Å². The summed E-state index contributed by atoms with van der Waals surface area (Å²) in [7, 11) is 0. The molecule has 1 aliphatic rings. The monoisotopic (exact) mass is 377 g/mol. The van der Waals surface area contributed by atoms with Crippen molar-refractivity contribution >= 4 is 11.0 Å². The molecule has 0 bridgehead atoms. The standard InChI is InChI=1S/C24H27NO3/c1-2-18-10-11-22-20(14-24(26)28-23(22)13-18)16-25(17-21-9-6-12-27-21)15-19-7-4-3-5-8-19/h3-5,7-8,10-11,13-14,21H,2,6,9,12,15-17H2,1H3. The zero-order chi connectivity index (χ0) is 19.3. The topological polar surface area (TPSA) is 42.7 Å². The molecule has 1 aromatic heterocycles. The lowest BCUT2D eigenvalue weighted by Gasteiger charge is -2.26. The Morgan fingerprint density at radius 2 is 1.89 bits per heavy atom. The van der Waals surface area contributed by atoms with E-state index in [-0.39, 0.29) is 11.7 Å². The van der Waals surface area contributed by atoms with Crippen molar-refractivity contribution in [1.29, 1.82) is 0 Å². The molecule has 0 amide bonds. The maximum atomic E-state index is 12.2. The molecule has 0 aliphatic carbocycles. The van der Waals surface area contributed by atoms with Gasteiger partial charge in [-0.25, -0.2) is 4.79 Å². The molecule has 2 aromatic carbocycles. The average Bonchev–Trinajstić information content (AvgIpc) is 3.21. The zero-order valence-electron chi connectivity index (χ0n) is 16.4. The largest absolute Gasteiger partial charge is 0.423 e. The summed E-state index contributed by atoms with van der Waals surface area (Å²) in [5.74, 6) is 0. The van der Waals surface area contributed by atoms with Crippen molar-refractivity contribution in [3.8, 4) is 0 Å². The Balaban J connectivity index is 1.64. The molecule has 28 heavy (non-hydrogen) atoms. The van der Waals surface area contributed by atoms with E-state index >= 15 is 0 Å². The quantitative estimate of drug-likeness (QED) is 0.567. The molecule has 1 unspecified atom stereocenters. The van der Waals surface area contributed by atoms with Crippen molar-refractivity contribution < 1.29 is 9.15 Å². The predicted octanol–water partition coefficient (Wildman–Crippen LogP) is 4.54. The van der Waals surface area contributed by atoms with Crippen LogP contribution in [0.15, 0.2) is 63.8 Å². The highest BCUT2D eigenvalue weighted by Gasteiger charge is 2.20. The Labute approximate surface area is 165 Å². The fourth-order valence-corrected chi connectivity index (χ4v) is 3.97. The minimum Gasteiger partial charge on any atom is -0.423 e. The number of benzene rings is 2. The molecule has 0 saturated carbocycles. The number of aryl methyl sites for hydroxylation is 1. The highest BCUT2D eigenvalue weighted by atomic mass is 16.5. The van der Waals surface area contributed by atoms with Gasteiger partial charge in [-0.05, 0) is 42.0 Å². The third-order valence-corrected chi connectivity index (χ3v) is 5.43. The fraction of sp³-hybridized carbons (Fsp3) is 0.375. The van der Waals surface area contributed by atoms with E-state index in [4.69, 9.17) is 9.15 Å². The van der Waals surface area contributed by atoms with Crippen LogP contribution in [0.5, 0.6) is 0 Å². The summed E-state index contributed by atoms with van der Waals surface area (Å²) in [6, 6.07) is 18.3. The van der Waals surface area contributed by atoms with Gasteiger partial charge < -0.3 is 9.15 Å². The Morgan fingerprint density at radius 1 is 1.04 bits per heavy atom. The van der Waals surface area contributed by atoms with Crippen molar-refractivity contribution in [1.82, 2.24) is 4.90 Å².